The van der Waals surface area contributed by atoms with Crippen molar-refractivity contribution < 1.29 is 4.52 Å². The topological polar surface area (TPSA) is 51.0 Å². The molecule has 2 aromatic heterocycles. The zero-order chi connectivity index (χ0) is 9.10. The summed E-state index contributed by atoms with van der Waals surface area (Å²) in [5, 5.41) is 9.91. The first-order valence-corrected chi connectivity index (χ1v) is 4.78. The Morgan fingerprint density at radius 2 is 2.54 bits per heavy atom. The van der Waals surface area contributed by atoms with E-state index in [1.165, 1.54) is 0 Å². The van der Waals surface area contributed by atoms with Crippen LogP contribution in [0.2, 0.25) is 0 Å². The van der Waals surface area contributed by atoms with Gasteiger partial charge in [0.1, 0.15) is 10.8 Å². The Morgan fingerprint density at radius 3 is 3.15 bits per heavy atom. The Labute approximate surface area is 79.6 Å². The van der Waals surface area contributed by atoms with Gasteiger partial charge in [0.2, 0.25) is 0 Å². The molecule has 5 heteroatoms. The predicted molar refractivity (Wildman–Crippen MR) is 50.7 cm³/mol. The molecule has 4 nitrogen and oxygen atoms in total. The van der Waals surface area contributed by atoms with Gasteiger partial charge >= 0.3 is 0 Å². The standard InChI is InChI=1S/C8H9N3OS/c1-6-4-7(11-12-6)10-5-8-9-2-3-13-8/h2-4H,5H2,1H3,(H,10,11). The average Bonchev–Trinajstić information content (AvgIpc) is 2.71. The highest BCUT2D eigenvalue weighted by Gasteiger charge is 1.99. The van der Waals surface area contributed by atoms with Gasteiger partial charge < -0.3 is 9.84 Å². The smallest absolute Gasteiger partial charge is 0.169 e. The third kappa shape index (κ3) is 2.06. The summed E-state index contributed by atoms with van der Waals surface area (Å²) in [7, 11) is 0. The Bertz CT molecular complexity index is 368. The van der Waals surface area contributed by atoms with Crippen LogP contribution >= 0.6 is 11.3 Å². The molecule has 0 aliphatic heterocycles. The maximum Gasteiger partial charge on any atom is 0.169 e. The number of hydrogen-bond acceptors (Lipinski definition) is 5. The number of aromatic nitrogens is 2. The second kappa shape index (κ2) is 3.57. The van der Waals surface area contributed by atoms with E-state index in [2.05, 4.69) is 15.5 Å². The summed E-state index contributed by atoms with van der Waals surface area (Å²) in [6.07, 6.45) is 1.79. The molecule has 1 N–H and O–H groups in total. The van der Waals surface area contributed by atoms with Crippen LogP contribution in [0.3, 0.4) is 0 Å². The number of anilines is 1. The molecule has 0 saturated carbocycles. The van der Waals surface area contributed by atoms with Gasteiger partial charge in [0.15, 0.2) is 5.82 Å². The van der Waals surface area contributed by atoms with Crippen molar-refractivity contribution in [2.75, 3.05) is 5.32 Å². The van der Waals surface area contributed by atoms with Crippen molar-refractivity contribution in [2.24, 2.45) is 0 Å². The minimum Gasteiger partial charge on any atom is -0.361 e. The zero-order valence-corrected chi connectivity index (χ0v) is 7.97. The van der Waals surface area contributed by atoms with Gasteiger partial charge in [0.05, 0.1) is 6.54 Å². The summed E-state index contributed by atoms with van der Waals surface area (Å²) >= 11 is 1.62. The lowest BCUT2D eigenvalue weighted by atomic mass is 10.5. The minimum atomic E-state index is 0.698. The third-order valence-electron chi connectivity index (χ3n) is 1.53. The number of thiazole rings is 1. The molecule has 0 amide bonds. The van der Waals surface area contributed by atoms with Crippen molar-refractivity contribution in [1.29, 1.82) is 0 Å². The second-order valence-corrected chi connectivity index (χ2v) is 3.58. The Morgan fingerprint density at radius 1 is 1.62 bits per heavy atom. The molecule has 0 bridgehead atoms. The van der Waals surface area contributed by atoms with E-state index in [0.717, 1.165) is 16.6 Å². The van der Waals surface area contributed by atoms with Gasteiger partial charge in [-0.1, -0.05) is 5.16 Å². The van der Waals surface area contributed by atoms with E-state index < -0.39 is 0 Å². The van der Waals surface area contributed by atoms with Crippen LogP contribution in [0, 0.1) is 6.92 Å². The van der Waals surface area contributed by atoms with Gasteiger partial charge in [-0.05, 0) is 6.92 Å². The summed E-state index contributed by atoms with van der Waals surface area (Å²) in [6, 6.07) is 1.85. The number of nitrogens with zero attached hydrogens (tertiary/aromatic N) is 2. The van der Waals surface area contributed by atoms with Gasteiger partial charge in [-0.2, -0.15) is 0 Å². The van der Waals surface area contributed by atoms with Crippen LogP contribution in [0.4, 0.5) is 5.82 Å². The lowest BCUT2D eigenvalue weighted by Gasteiger charge is -1.96. The number of aryl methyl sites for hydroxylation is 1. The number of rotatable bonds is 3. The van der Waals surface area contributed by atoms with Crippen molar-refractivity contribution in [3.8, 4) is 0 Å². The molecule has 68 valence electrons. The van der Waals surface area contributed by atoms with Crippen LogP contribution in [-0.4, -0.2) is 10.1 Å². The SMILES string of the molecule is Cc1cc(NCc2nccs2)no1. The molecule has 0 aromatic carbocycles. The van der Waals surface area contributed by atoms with E-state index in [0.29, 0.717) is 6.54 Å². The quantitative estimate of drug-likeness (QED) is 0.814. The lowest BCUT2D eigenvalue weighted by molar-refractivity contribution is 0.399. The summed E-state index contributed by atoms with van der Waals surface area (Å²) in [5.41, 5.74) is 0. The molecule has 0 spiro atoms. The van der Waals surface area contributed by atoms with Gasteiger partial charge in [0, 0.05) is 17.6 Å². The van der Waals surface area contributed by atoms with E-state index in [1.54, 1.807) is 17.5 Å². The maximum atomic E-state index is 4.90. The van der Waals surface area contributed by atoms with Crippen LogP contribution in [0.5, 0.6) is 0 Å². The summed E-state index contributed by atoms with van der Waals surface area (Å²) in [5.74, 6) is 1.56. The van der Waals surface area contributed by atoms with Crippen LogP contribution in [0.1, 0.15) is 10.8 Å². The molecule has 0 atom stereocenters. The van der Waals surface area contributed by atoms with Gasteiger partial charge in [-0.15, -0.1) is 11.3 Å². The van der Waals surface area contributed by atoms with E-state index in [9.17, 15) is 0 Å². The Balaban J connectivity index is 1.93. The third-order valence-corrected chi connectivity index (χ3v) is 2.31. The molecule has 2 rings (SSSR count). The Kier molecular flexibility index (Phi) is 2.27. The van der Waals surface area contributed by atoms with Crippen molar-refractivity contribution in [3.05, 3.63) is 28.4 Å². The van der Waals surface area contributed by atoms with Gasteiger partial charge in [-0.25, -0.2) is 4.98 Å². The molecule has 0 saturated heterocycles. The van der Waals surface area contributed by atoms with E-state index >= 15 is 0 Å². The van der Waals surface area contributed by atoms with Crippen molar-refractivity contribution in [2.45, 2.75) is 13.5 Å². The van der Waals surface area contributed by atoms with E-state index in [-0.39, 0.29) is 0 Å². The van der Waals surface area contributed by atoms with Crippen LogP contribution in [0.25, 0.3) is 0 Å². The predicted octanol–water partition coefficient (Wildman–Crippen LogP) is 2.05. The Hall–Kier alpha value is -1.36. The largest absolute Gasteiger partial charge is 0.361 e. The van der Waals surface area contributed by atoms with Crippen LogP contribution in [0.15, 0.2) is 22.2 Å². The minimum absolute atomic E-state index is 0.698. The summed E-state index contributed by atoms with van der Waals surface area (Å²) in [6.45, 7) is 2.56. The monoisotopic (exact) mass is 195 g/mol. The fourth-order valence-electron chi connectivity index (χ4n) is 0.956. The molecular formula is C8H9N3OS. The first kappa shape index (κ1) is 8.25. The highest BCUT2D eigenvalue weighted by atomic mass is 32.1. The van der Waals surface area contributed by atoms with E-state index in [1.807, 2.05) is 18.4 Å². The number of nitrogens with one attached hydrogen (secondary N) is 1. The molecular weight excluding hydrogens is 186 g/mol. The van der Waals surface area contributed by atoms with Crippen molar-refractivity contribution in [3.63, 3.8) is 0 Å². The van der Waals surface area contributed by atoms with Crippen LogP contribution < -0.4 is 5.32 Å². The maximum absolute atomic E-state index is 4.90. The van der Waals surface area contributed by atoms with Crippen molar-refractivity contribution >= 4 is 17.2 Å². The van der Waals surface area contributed by atoms with Gasteiger partial charge in [-0.3, -0.25) is 0 Å². The molecule has 2 aromatic rings. The second-order valence-electron chi connectivity index (χ2n) is 2.60. The highest BCUT2D eigenvalue weighted by molar-refractivity contribution is 7.09. The summed E-state index contributed by atoms with van der Waals surface area (Å²) in [4.78, 5) is 4.14. The fraction of sp³-hybridized carbons (Fsp3) is 0.250. The zero-order valence-electron chi connectivity index (χ0n) is 7.15. The molecule has 13 heavy (non-hydrogen) atoms. The fourth-order valence-corrected chi connectivity index (χ4v) is 1.51. The van der Waals surface area contributed by atoms with Crippen LogP contribution in [-0.2, 0) is 6.54 Å². The normalized spacial score (nSPS) is 10.2. The lowest BCUT2D eigenvalue weighted by Crippen LogP contribution is -1.98. The molecule has 0 aliphatic rings. The van der Waals surface area contributed by atoms with Crippen molar-refractivity contribution in [1.82, 2.24) is 10.1 Å². The molecule has 0 fully saturated rings. The molecule has 2 heterocycles. The molecule has 0 aliphatic carbocycles. The van der Waals surface area contributed by atoms with E-state index in [4.69, 9.17) is 4.52 Å². The highest BCUT2D eigenvalue weighted by Crippen LogP contribution is 2.10. The average molecular weight is 195 g/mol. The molecule has 0 radical (unpaired) electrons. The summed E-state index contributed by atoms with van der Waals surface area (Å²) < 4.78 is 4.90. The first-order valence-electron chi connectivity index (χ1n) is 3.90. The first-order chi connectivity index (χ1) is 6.34. The molecule has 0 unspecified atom stereocenters. The van der Waals surface area contributed by atoms with Gasteiger partial charge in [0.25, 0.3) is 0 Å². The number of hydrogen-bond donors (Lipinski definition) is 1.